The van der Waals surface area contributed by atoms with Crippen molar-refractivity contribution in [1.82, 2.24) is 20.2 Å². The Bertz CT molecular complexity index is 848. The molecule has 0 aliphatic rings. The lowest BCUT2D eigenvalue weighted by molar-refractivity contribution is -0.384. The summed E-state index contributed by atoms with van der Waals surface area (Å²) < 4.78 is 5.65. The molecular weight excluding hydrogens is 298 g/mol. The van der Waals surface area contributed by atoms with Crippen LogP contribution in [-0.2, 0) is 0 Å². The maximum atomic E-state index is 10.9. The molecule has 106 valence electrons. The average molecular weight is 306 g/mol. The first-order valence-electron chi connectivity index (χ1n) is 5.82. The Morgan fingerprint density at radius 2 is 2.19 bits per heavy atom. The number of hydrogen-bond donors (Lipinski definition) is 1. The van der Waals surface area contributed by atoms with E-state index in [9.17, 15) is 10.1 Å². The van der Waals surface area contributed by atoms with Crippen molar-refractivity contribution in [3.63, 3.8) is 0 Å². The molecule has 3 aromatic rings. The Kier molecular flexibility index (Phi) is 3.15. The zero-order valence-corrected chi connectivity index (χ0v) is 11.5. The highest BCUT2D eigenvalue weighted by Gasteiger charge is 2.17. The lowest BCUT2D eigenvalue weighted by Crippen LogP contribution is -1.95. The van der Waals surface area contributed by atoms with Crippen molar-refractivity contribution in [2.45, 2.75) is 6.92 Å². The average Bonchev–Trinajstić information content (AvgIpc) is 2.90. The van der Waals surface area contributed by atoms with Gasteiger partial charge in [-0.3, -0.25) is 15.2 Å². The second-order valence-corrected chi connectivity index (χ2v) is 4.65. The van der Waals surface area contributed by atoms with Gasteiger partial charge in [-0.2, -0.15) is 5.10 Å². The Labute approximate surface area is 122 Å². The summed E-state index contributed by atoms with van der Waals surface area (Å²) in [6.07, 6.45) is 2.83. The molecule has 0 atom stereocenters. The number of aryl methyl sites for hydroxylation is 1. The number of H-pyrrole nitrogens is 1. The van der Waals surface area contributed by atoms with E-state index >= 15 is 0 Å². The number of aromatic nitrogens is 4. The molecule has 0 unspecified atom stereocenters. The quantitative estimate of drug-likeness (QED) is 0.588. The third kappa shape index (κ3) is 2.36. The number of nitro groups is 1. The first kappa shape index (κ1) is 13.3. The molecular formula is C12H8ClN5O3. The molecule has 0 aliphatic carbocycles. The van der Waals surface area contributed by atoms with Crippen molar-refractivity contribution in [2.24, 2.45) is 0 Å². The zero-order chi connectivity index (χ0) is 15.0. The van der Waals surface area contributed by atoms with Crippen LogP contribution in [-0.4, -0.2) is 25.1 Å². The van der Waals surface area contributed by atoms with Crippen LogP contribution in [0.25, 0.3) is 11.0 Å². The minimum absolute atomic E-state index is 0.0565. The number of nitrogens with one attached hydrogen (secondary N) is 1. The minimum Gasteiger partial charge on any atom is -0.438 e. The zero-order valence-electron chi connectivity index (χ0n) is 10.7. The van der Waals surface area contributed by atoms with Crippen molar-refractivity contribution >= 4 is 28.3 Å². The maximum absolute atomic E-state index is 10.9. The van der Waals surface area contributed by atoms with Crippen LogP contribution in [0.5, 0.6) is 11.6 Å². The summed E-state index contributed by atoms with van der Waals surface area (Å²) in [7, 11) is 0. The van der Waals surface area contributed by atoms with E-state index in [1.165, 1.54) is 24.7 Å². The monoisotopic (exact) mass is 305 g/mol. The number of benzene rings is 1. The van der Waals surface area contributed by atoms with Gasteiger partial charge in [0, 0.05) is 0 Å². The molecule has 8 nitrogen and oxygen atoms in total. The highest BCUT2D eigenvalue weighted by atomic mass is 35.5. The third-order valence-electron chi connectivity index (χ3n) is 2.86. The van der Waals surface area contributed by atoms with E-state index in [-0.39, 0.29) is 16.6 Å². The molecule has 9 heteroatoms. The summed E-state index contributed by atoms with van der Waals surface area (Å²) in [5.41, 5.74) is 0.941. The van der Waals surface area contributed by atoms with Gasteiger partial charge in [0.1, 0.15) is 22.5 Å². The van der Waals surface area contributed by atoms with E-state index in [1.54, 1.807) is 6.92 Å². The molecule has 21 heavy (non-hydrogen) atoms. The molecule has 0 saturated carbocycles. The van der Waals surface area contributed by atoms with E-state index in [0.717, 1.165) is 0 Å². The Morgan fingerprint density at radius 3 is 2.95 bits per heavy atom. The summed E-state index contributed by atoms with van der Waals surface area (Å²) in [6, 6.07) is 2.74. The van der Waals surface area contributed by atoms with Gasteiger partial charge in [0.05, 0.1) is 17.2 Å². The molecule has 0 radical (unpaired) electrons. The van der Waals surface area contributed by atoms with Gasteiger partial charge >= 0.3 is 0 Å². The summed E-state index contributed by atoms with van der Waals surface area (Å²) in [4.78, 5) is 18.4. The van der Waals surface area contributed by atoms with Crippen molar-refractivity contribution in [3.8, 4) is 11.6 Å². The van der Waals surface area contributed by atoms with E-state index in [1.807, 2.05) is 0 Å². The first-order chi connectivity index (χ1) is 10.1. The van der Waals surface area contributed by atoms with Crippen molar-refractivity contribution in [1.29, 1.82) is 0 Å². The highest BCUT2D eigenvalue weighted by molar-refractivity contribution is 6.32. The number of nitrogens with zero attached hydrogens (tertiary/aromatic N) is 4. The molecule has 0 bridgehead atoms. The van der Waals surface area contributed by atoms with Gasteiger partial charge in [0.25, 0.3) is 5.69 Å². The minimum atomic E-state index is -0.567. The first-order valence-corrected chi connectivity index (χ1v) is 6.20. The predicted molar refractivity (Wildman–Crippen MR) is 74.6 cm³/mol. The second kappa shape index (κ2) is 4.98. The van der Waals surface area contributed by atoms with Gasteiger partial charge in [-0.05, 0) is 18.6 Å². The van der Waals surface area contributed by atoms with Crippen LogP contribution >= 0.6 is 11.6 Å². The Morgan fingerprint density at radius 1 is 1.38 bits per heavy atom. The molecule has 0 saturated heterocycles. The second-order valence-electron chi connectivity index (χ2n) is 4.24. The van der Waals surface area contributed by atoms with Crippen LogP contribution in [0.4, 0.5) is 5.69 Å². The number of hydrogen-bond acceptors (Lipinski definition) is 6. The van der Waals surface area contributed by atoms with E-state index < -0.39 is 4.92 Å². The SMILES string of the molecule is Cc1cc(Cl)c([N+](=O)[O-])cc1Oc1ncnc2[nH]ncc12. The summed E-state index contributed by atoms with van der Waals surface area (Å²) >= 11 is 5.84. The van der Waals surface area contributed by atoms with Gasteiger partial charge in [-0.15, -0.1) is 0 Å². The number of rotatable bonds is 3. The van der Waals surface area contributed by atoms with Gasteiger partial charge in [0.2, 0.25) is 5.88 Å². The van der Waals surface area contributed by atoms with Crippen molar-refractivity contribution < 1.29 is 9.66 Å². The molecule has 0 fully saturated rings. The molecule has 0 aliphatic heterocycles. The Balaban J connectivity index is 2.07. The van der Waals surface area contributed by atoms with E-state index in [4.69, 9.17) is 16.3 Å². The fraction of sp³-hybridized carbons (Fsp3) is 0.0833. The predicted octanol–water partition coefficient (Wildman–Crippen LogP) is 3.02. The largest absolute Gasteiger partial charge is 0.438 e. The van der Waals surface area contributed by atoms with Crippen LogP contribution in [0.3, 0.4) is 0 Å². The number of nitro benzene ring substituents is 1. The number of aromatic amines is 1. The fourth-order valence-corrected chi connectivity index (χ4v) is 2.11. The van der Waals surface area contributed by atoms with Gasteiger partial charge in [-0.1, -0.05) is 11.6 Å². The van der Waals surface area contributed by atoms with Crippen LogP contribution < -0.4 is 4.74 Å². The van der Waals surface area contributed by atoms with Crippen LogP contribution in [0.1, 0.15) is 5.56 Å². The summed E-state index contributed by atoms with van der Waals surface area (Å²) in [5, 5.41) is 18.1. The molecule has 3 rings (SSSR count). The molecule has 1 N–H and O–H groups in total. The van der Waals surface area contributed by atoms with Crippen LogP contribution in [0, 0.1) is 17.0 Å². The maximum Gasteiger partial charge on any atom is 0.291 e. The summed E-state index contributed by atoms with van der Waals surface area (Å²) in [5.74, 6) is 0.556. The topological polar surface area (TPSA) is 107 Å². The van der Waals surface area contributed by atoms with E-state index in [2.05, 4.69) is 20.2 Å². The van der Waals surface area contributed by atoms with Crippen molar-refractivity contribution in [3.05, 3.63) is 45.4 Å². The molecule has 0 spiro atoms. The van der Waals surface area contributed by atoms with Crippen LogP contribution in [0.15, 0.2) is 24.7 Å². The lowest BCUT2D eigenvalue weighted by atomic mass is 10.2. The lowest BCUT2D eigenvalue weighted by Gasteiger charge is -2.08. The Hall–Kier alpha value is -2.74. The van der Waals surface area contributed by atoms with Gasteiger partial charge in [0.15, 0.2) is 5.65 Å². The van der Waals surface area contributed by atoms with Gasteiger partial charge in [-0.25, -0.2) is 9.97 Å². The number of halogens is 1. The molecule has 1 aromatic carbocycles. The molecule has 2 aromatic heterocycles. The van der Waals surface area contributed by atoms with Crippen LogP contribution in [0.2, 0.25) is 5.02 Å². The summed E-state index contributed by atoms with van der Waals surface area (Å²) in [6.45, 7) is 1.73. The fourth-order valence-electron chi connectivity index (χ4n) is 1.82. The standard InChI is InChI=1S/C12H8ClN5O3/c1-6-2-8(13)9(18(19)20)3-10(6)21-12-7-4-16-17-11(7)14-5-15-12/h2-5H,1H3,(H,14,15,16,17). The van der Waals surface area contributed by atoms with Gasteiger partial charge < -0.3 is 4.74 Å². The number of ether oxygens (including phenoxy) is 1. The number of fused-ring (bicyclic) bond motifs is 1. The molecule has 2 heterocycles. The van der Waals surface area contributed by atoms with Crippen molar-refractivity contribution in [2.75, 3.05) is 0 Å². The smallest absolute Gasteiger partial charge is 0.291 e. The molecule has 0 amide bonds. The highest BCUT2D eigenvalue weighted by Crippen LogP contribution is 2.35. The third-order valence-corrected chi connectivity index (χ3v) is 3.16. The van der Waals surface area contributed by atoms with E-state index in [0.29, 0.717) is 22.3 Å². The normalized spacial score (nSPS) is 10.8.